The highest BCUT2D eigenvalue weighted by molar-refractivity contribution is 5.65. The summed E-state index contributed by atoms with van der Waals surface area (Å²) in [4.78, 5) is 26.7. The maximum Gasteiger partial charge on any atom is 0.182 e. The van der Waals surface area contributed by atoms with Crippen LogP contribution in [-0.4, -0.2) is 59.7 Å². The third-order valence-electron chi connectivity index (χ3n) is 5.12. The van der Waals surface area contributed by atoms with E-state index >= 15 is 0 Å². The summed E-state index contributed by atoms with van der Waals surface area (Å²) in [6, 6.07) is 12.9. The lowest BCUT2D eigenvalue weighted by atomic mass is 10.1. The van der Waals surface area contributed by atoms with Crippen molar-refractivity contribution < 1.29 is 4.48 Å². The van der Waals surface area contributed by atoms with Crippen molar-refractivity contribution in [3.8, 4) is 22.8 Å². The van der Waals surface area contributed by atoms with Crippen LogP contribution in [0.15, 0.2) is 59.7 Å². The molecule has 1 saturated heterocycles. The quantitative estimate of drug-likeness (QED) is 0.727. The second kappa shape index (κ2) is 6.96. The predicted molar refractivity (Wildman–Crippen MR) is 108 cm³/mol. The van der Waals surface area contributed by atoms with Crippen LogP contribution in [0.2, 0.25) is 0 Å². The van der Waals surface area contributed by atoms with Gasteiger partial charge in [0.15, 0.2) is 5.43 Å². The van der Waals surface area contributed by atoms with E-state index in [0.29, 0.717) is 11.4 Å². The van der Waals surface area contributed by atoms with E-state index in [9.17, 15) is 4.79 Å². The molecule has 0 saturated carbocycles. The molecule has 0 aromatic carbocycles. The Hall–Kier alpha value is -2.99. The molecule has 0 radical (unpaired) electrons. The molecule has 1 fully saturated rings. The van der Waals surface area contributed by atoms with Gasteiger partial charge < -0.3 is 14.4 Å². The van der Waals surface area contributed by atoms with Crippen molar-refractivity contribution in [2.24, 2.45) is 0 Å². The number of nitrogens with one attached hydrogen (secondary N) is 1. The van der Waals surface area contributed by atoms with Crippen molar-refractivity contribution >= 4 is 5.69 Å². The zero-order valence-corrected chi connectivity index (χ0v) is 15.7. The predicted octanol–water partition coefficient (Wildman–Crippen LogP) is 2.40. The second-order valence-electron chi connectivity index (χ2n) is 7.63. The smallest absolute Gasteiger partial charge is 0.182 e. The first-order valence-electron chi connectivity index (χ1n) is 9.19. The molecular weight excluding hydrogens is 338 g/mol. The van der Waals surface area contributed by atoms with E-state index in [1.807, 2.05) is 30.5 Å². The fraction of sp³-hybridized carbons (Fsp3) is 0.286. The minimum atomic E-state index is -0.0615. The van der Waals surface area contributed by atoms with Crippen LogP contribution in [0.25, 0.3) is 22.8 Å². The molecule has 1 N–H and O–H groups in total. The lowest BCUT2D eigenvalue weighted by molar-refractivity contribution is -0.890. The number of nitrogens with zero attached hydrogens (tertiary/aromatic N) is 4. The topological polar surface area (TPSA) is 61.9 Å². The van der Waals surface area contributed by atoms with E-state index in [4.69, 9.17) is 0 Å². The third kappa shape index (κ3) is 3.90. The molecule has 0 amide bonds. The largest absolute Gasteiger partial charge is 0.360 e. The highest BCUT2D eigenvalue weighted by atomic mass is 16.1. The number of quaternary nitrogens is 1. The summed E-state index contributed by atoms with van der Waals surface area (Å²) in [6.07, 6.45) is 3.53. The number of aromatic amines is 1. The number of aromatic nitrogens is 3. The van der Waals surface area contributed by atoms with Crippen molar-refractivity contribution in [1.29, 1.82) is 0 Å². The van der Waals surface area contributed by atoms with Crippen LogP contribution in [0, 0.1) is 0 Å². The van der Waals surface area contributed by atoms with E-state index < -0.39 is 0 Å². The normalized spacial score (nSPS) is 16.3. The van der Waals surface area contributed by atoms with Gasteiger partial charge in [0.1, 0.15) is 0 Å². The minimum absolute atomic E-state index is 0.0615. The average molecular weight is 362 g/mol. The molecule has 27 heavy (non-hydrogen) atoms. The zero-order valence-electron chi connectivity index (χ0n) is 15.7. The van der Waals surface area contributed by atoms with Gasteiger partial charge in [-0.25, -0.2) is 0 Å². The molecule has 1 aliphatic rings. The average Bonchev–Trinajstić information content (AvgIpc) is 2.68. The Morgan fingerprint density at radius 2 is 1.63 bits per heavy atom. The van der Waals surface area contributed by atoms with Crippen LogP contribution < -0.4 is 10.3 Å². The Balaban J connectivity index is 1.66. The molecule has 6 heteroatoms. The highest BCUT2D eigenvalue weighted by Crippen LogP contribution is 2.24. The third-order valence-corrected chi connectivity index (χ3v) is 5.12. The molecule has 3 aromatic rings. The molecular formula is C21H24N5O+. The molecule has 0 atom stereocenters. The minimum Gasteiger partial charge on any atom is -0.360 e. The Bertz CT molecular complexity index is 987. The van der Waals surface area contributed by atoms with Crippen LogP contribution >= 0.6 is 0 Å². The second-order valence-corrected chi connectivity index (χ2v) is 7.63. The van der Waals surface area contributed by atoms with Gasteiger partial charge in [0.2, 0.25) is 0 Å². The van der Waals surface area contributed by atoms with E-state index in [1.54, 1.807) is 18.3 Å². The van der Waals surface area contributed by atoms with E-state index in [0.717, 1.165) is 47.7 Å². The maximum absolute atomic E-state index is 12.2. The SMILES string of the molecule is C[N+]1(C)CCN(c2ccnc(-c3cc(=O)cc(-c4ccccn4)[nH]3)c2)CC1. The summed E-state index contributed by atoms with van der Waals surface area (Å²) in [5.74, 6) is 0. The highest BCUT2D eigenvalue weighted by Gasteiger charge is 2.24. The number of anilines is 1. The molecule has 4 heterocycles. The molecule has 0 bridgehead atoms. The van der Waals surface area contributed by atoms with Gasteiger partial charge in [-0.3, -0.25) is 14.8 Å². The van der Waals surface area contributed by atoms with Gasteiger partial charge in [-0.15, -0.1) is 0 Å². The molecule has 3 aromatic heterocycles. The van der Waals surface area contributed by atoms with Crippen LogP contribution in [0.4, 0.5) is 5.69 Å². The fourth-order valence-electron chi connectivity index (χ4n) is 3.37. The van der Waals surface area contributed by atoms with Gasteiger partial charge in [-0.05, 0) is 24.3 Å². The molecule has 0 spiro atoms. The Morgan fingerprint density at radius 3 is 2.33 bits per heavy atom. The van der Waals surface area contributed by atoms with Crippen LogP contribution in [0.1, 0.15) is 0 Å². The first-order valence-corrected chi connectivity index (χ1v) is 9.19. The van der Waals surface area contributed by atoms with Crippen molar-refractivity contribution in [3.63, 3.8) is 0 Å². The van der Waals surface area contributed by atoms with Gasteiger partial charge >= 0.3 is 0 Å². The zero-order chi connectivity index (χ0) is 18.9. The Morgan fingerprint density at radius 1 is 0.926 bits per heavy atom. The lowest BCUT2D eigenvalue weighted by Gasteiger charge is -2.40. The van der Waals surface area contributed by atoms with Crippen molar-refractivity contribution in [2.45, 2.75) is 0 Å². The Kier molecular flexibility index (Phi) is 4.49. The molecule has 0 unspecified atom stereocenters. The van der Waals surface area contributed by atoms with Gasteiger partial charge in [-0.1, -0.05) is 6.07 Å². The summed E-state index contributed by atoms with van der Waals surface area (Å²) < 4.78 is 1.05. The molecule has 0 aliphatic carbocycles. The van der Waals surface area contributed by atoms with Gasteiger partial charge in [0.05, 0.1) is 63.1 Å². The fourth-order valence-corrected chi connectivity index (χ4v) is 3.37. The van der Waals surface area contributed by atoms with E-state index in [-0.39, 0.29) is 5.43 Å². The first-order chi connectivity index (χ1) is 13.0. The number of rotatable bonds is 3. The maximum atomic E-state index is 12.2. The number of pyridine rings is 3. The number of hydrogen-bond acceptors (Lipinski definition) is 4. The summed E-state index contributed by atoms with van der Waals surface area (Å²) >= 11 is 0. The molecule has 138 valence electrons. The number of H-pyrrole nitrogens is 1. The van der Waals surface area contributed by atoms with Crippen LogP contribution in [0.5, 0.6) is 0 Å². The van der Waals surface area contributed by atoms with Crippen LogP contribution in [0.3, 0.4) is 0 Å². The van der Waals surface area contributed by atoms with Crippen LogP contribution in [-0.2, 0) is 0 Å². The van der Waals surface area contributed by atoms with Crippen molar-refractivity contribution in [3.05, 3.63) is 65.1 Å². The van der Waals surface area contributed by atoms with E-state index in [1.165, 1.54) is 0 Å². The van der Waals surface area contributed by atoms with Crippen molar-refractivity contribution in [2.75, 3.05) is 45.2 Å². The van der Waals surface area contributed by atoms with Gasteiger partial charge in [0, 0.05) is 30.2 Å². The number of hydrogen-bond donors (Lipinski definition) is 1. The van der Waals surface area contributed by atoms with Gasteiger partial charge in [-0.2, -0.15) is 0 Å². The monoisotopic (exact) mass is 362 g/mol. The summed E-state index contributed by atoms with van der Waals surface area (Å²) in [5, 5.41) is 0. The number of likely N-dealkylation sites (N-methyl/N-ethyl adjacent to an activating group) is 1. The summed E-state index contributed by atoms with van der Waals surface area (Å²) in [7, 11) is 4.53. The molecule has 6 nitrogen and oxygen atoms in total. The summed E-state index contributed by atoms with van der Waals surface area (Å²) in [6.45, 7) is 4.26. The number of piperazine rings is 1. The van der Waals surface area contributed by atoms with Gasteiger partial charge in [0.25, 0.3) is 0 Å². The summed E-state index contributed by atoms with van der Waals surface area (Å²) in [5.41, 5.74) is 3.99. The van der Waals surface area contributed by atoms with Crippen molar-refractivity contribution in [1.82, 2.24) is 15.0 Å². The molecule has 4 rings (SSSR count). The lowest BCUT2D eigenvalue weighted by Crippen LogP contribution is -2.54. The van der Waals surface area contributed by atoms with E-state index in [2.05, 4.69) is 40.0 Å². The molecule has 1 aliphatic heterocycles. The first kappa shape index (κ1) is 17.4. The Labute approximate surface area is 158 Å². The standard InChI is InChI=1S/C21H23N5O/c1-26(2)11-9-25(10-12-26)16-6-8-23-19(13-16)21-15-17(27)14-20(24-21)18-5-3-4-7-22-18/h3-8,13-15H,9-12H2,1-2H3/p+1.